The fraction of sp³-hybridized carbons (Fsp3) is 0.333. The monoisotopic (exact) mass is 272 g/mol. The van der Waals surface area contributed by atoms with E-state index in [9.17, 15) is 4.79 Å². The lowest BCUT2D eigenvalue weighted by Gasteiger charge is -2.18. The van der Waals surface area contributed by atoms with Gasteiger partial charge in [0.2, 0.25) is 0 Å². The van der Waals surface area contributed by atoms with Gasteiger partial charge < -0.3 is 15.2 Å². The highest BCUT2D eigenvalue weighted by molar-refractivity contribution is 5.41. The van der Waals surface area contributed by atoms with Gasteiger partial charge in [0, 0.05) is 38.2 Å². The Kier molecular flexibility index (Phi) is 4.40. The van der Waals surface area contributed by atoms with E-state index in [2.05, 4.69) is 4.98 Å². The SMILES string of the molecule is CCCn1ccnc(N(C)Cc2ccc(N)cc2)c1=O. The summed E-state index contributed by atoms with van der Waals surface area (Å²) in [5, 5.41) is 0. The number of nitrogens with zero attached hydrogens (tertiary/aromatic N) is 3. The second-order valence-corrected chi connectivity index (χ2v) is 4.85. The largest absolute Gasteiger partial charge is 0.399 e. The molecule has 5 nitrogen and oxygen atoms in total. The van der Waals surface area contributed by atoms with Crippen molar-refractivity contribution >= 4 is 11.5 Å². The third-order valence-corrected chi connectivity index (χ3v) is 3.12. The molecule has 1 heterocycles. The normalized spacial score (nSPS) is 10.5. The van der Waals surface area contributed by atoms with Gasteiger partial charge in [0.05, 0.1) is 0 Å². The Hall–Kier alpha value is -2.30. The molecule has 0 fully saturated rings. The summed E-state index contributed by atoms with van der Waals surface area (Å²) in [4.78, 5) is 18.3. The summed E-state index contributed by atoms with van der Waals surface area (Å²) in [7, 11) is 1.87. The molecule has 1 aromatic heterocycles. The zero-order valence-corrected chi connectivity index (χ0v) is 11.9. The van der Waals surface area contributed by atoms with Gasteiger partial charge in [-0.25, -0.2) is 4.98 Å². The van der Waals surface area contributed by atoms with Crippen LogP contribution >= 0.6 is 0 Å². The minimum atomic E-state index is -0.0488. The summed E-state index contributed by atoms with van der Waals surface area (Å²) >= 11 is 0. The van der Waals surface area contributed by atoms with Gasteiger partial charge in [0.15, 0.2) is 5.82 Å². The van der Waals surface area contributed by atoms with Gasteiger partial charge in [-0.2, -0.15) is 0 Å². The predicted octanol–water partition coefficient (Wildman–Crippen LogP) is 1.87. The fourth-order valence-electron chi connectivity index (χ4n) is 2.09. The maximum Gasteiger partial charge on any atom is 0.293 e. The van der Waals surface area contributed by atoms with E-state index in [1.165, 1.54) is 0 Å². The quantitative estimate of drug-likeness (QED) is 0.844. The third kappa shape index (κ3) is 3.17. The molecule has 2 N–H and O–H groups in total. The number of rotatable bonds is 5. The lowest BCUT2D eigenvalue weighted by Crippen LogP contribution is -2.30. The highest BCUT2D eigenvalue weighted by Gasteiger charge is 2.10. The van der Waals surface area contributed by atoms with E-state index in [4.69, 9.17) is 5.73 Å². The maximum absolute atomic E-state index is 12.3. The van der Waals surface area contributed by atoms with E-state index in [-0.39, 0.29) is 5.56 Å². The molecule has 5 heteroatoms. The van der Waals surface area contributed by atoms with Crippen molar-refractivity contribution in [3.63, 3.8) is 0 Å². The molecule has 2 rings (SSSR count). The van der Waals surface area contributed by atoms with Crippen molar-refractivity contribution in [1.82, 2.24) is 9.55 Å². The molecular weight excluding hydrogens is 252 g/mol. The first kappa shape index (κ1) is 14.1. The summed E-state index contributed by atoms with van der Waals surface area (Å²) in [6.07, 6.45) is 4.32. The van der Waals surface area contributed by atoms with Crippen LogP contribution in [0.3, 0.4) is 0 Å². The van der Waals surface area contributed by atoms with Crippen molar-refractivity contribution in [2.24, 2.45) is 0 Å². The van der Waals surface area contributed by atoms with Crippen LogP contribution in [0.2, 0.25) is 0 Å². The molecule has 0 aliphatic carbocycles. The van der Waals surface area contributed by atoms with Crippen LogP contribution in [0.15, 0.2) is 41.5 Å². The first-order valence-electron chi connectivity index (χ1n) is 6.73. The first-order chi connectivity index (χ1) is 9.61. The smallest absolute Gasteiger partial charge is 0.293 e. The molecule has 0 aliphatic heterocycles. The van der Waals surface area contributed by atoms with Crippen LogP contribution in [0.4, 0.5) is 11.5 Å². The Morgan fingerprint density at radius 1 is 1.30 bits per heavy atom. The molecule has 20 heavy (non-hydrogen) atoms. The number of nitrogen functional groups attached to an aromatic ring is 1. The van der Waals surface area contributed by atoms with Gasteiger partial charge in [-0.15, -0.1) is 0 Å². The molecule has 0 spiro atoms. The van der Waals surface area contributed by atoms with Crippen LogP contribution in [0.1, 0.15) is 18.9 Å². The zero-order valence-electron chi connectivity index (χ0n) is 11.9. The molecule has 0 bridgehead atoms. The van der Waals surface area contributed by atoms with Crippen LogP contribution in [-0.2, 0) is 13.1 Å². The summed E-state index contributed by atoms with van der Waals surface area (Å²) in [6, 6.07) is 7.63. The summed E-state index contributed by atoms with van der Waals surface area (Å²) in [6.45, 7) is 3.38. The molecule has 1 aromatic carbocycles. The summed E-state index contributed by atoms with van der Waals surface area (Å²) in [5.41, 5.74) is 7.44. The molecular formula is C15H20N4O. The zero-order chi connectivity index (χ0) is 14.5. The fourth-order valence-corrected chi connectivity index (χ4v) is 2.09. The van der Waals surface area contributed by atoms with Crippen molar-refractivity contribution in [1.29, 1.82) is 0 Å². The van der Waals surface area contributed by atoms with Gasteiger partial charge in [0.1, 0.15) is 0 Å². The highest BCUT2D eigenvalue weighted by atomic mass is 16.1. The molecule has 106 valence electrons. The van der Waals surface area contributed by atoms with Crippen LogP contribution in [0, 0.1) is 0 Å². The molecule has 0 amide bonds. The van der Waals surface area contributed by atoms with Crippen molar-refractivity contribution in [3.8, 4) is 0 Å². The average molecular weight is 272 g/mol. The minimum absolute atomic E-state index is 0.0488. The topological polar surface area (TPSA) is 64.2 Å². The van der Waals surface area contributed by atoms with E-state index in [1.807, 2.05) is 43.1 Å². The van der Waals surface area contributed by atoms with Crippen LogP contribution in [-0.4, -0.2) is 16.6 Å². The van der Waals surface area contributed by atoms with Crippen molar-refractivity contribution in [2.75, 3.05) is 17.7 Å². The van der Waals surface area contributed by atoms with Crippen molar-refractivity contribution in [2.45, 2.75) is 26.4 Å². The number of hydrogen-bond donors (Lipinski definition) is 1. The number of anilines is 2. The van der Waals surface area contributed by atoms with E-state index in [0.29, 0.717) is 18.9 Å². The van der Waals surface area contributed by atoms with Crippen molar-refractivity contribution in [3.05, 3.63) is 52.6 Å². The van der Waals surface area contributed by atoms with Crippen LogP contribution in [0.25, 0.3) is 0 Å². The molecule has 0 radical (unpaired) electrons. The highest BCUT2D eigenvalue weighted by Crippen LogP contribution is 2.10. The first-order valence-corrected chi connectivity index (χ1v) is 6.73. The second kappa shape index (κ2) is 6.23. The minimum Gasteiger partial charge on any atom is -0.399 e. The van der Waals surface area contributed by atoms with E-state index < -0.39 is 0 Å². The Balaban J connectivity index is 2.20. The van der Waals surface area contributed by atoms with Crippen LogP contribution in [0.5, 0.6) is 0 Å². The van der Waals surface area contributed by atoms with Gasteiger partial charge in [-0.1, -0.05) is 19.1 Å². The van der Waals surface area contributed by atoms with Gasteiger partial charge in [-0.05, 0) is 24.1 Å². The summed E-state index contributed by atoms with van der Waals surface area (Å²) < 4.78 is 1.70. The van der Waals surface area contributed by atoms with Crippen LogP contribution < -0.4 is 16.2 Å². The number of nitrogens with two attached hydrogens (primary N) is 1. The Morgan fingerprint density at radius 2 is 2.00 bits per heavy atom. The lowest BCUT2D eigenvalue weighted by molar-refractivity contribution is 0.644. The number of aromatic nitrogens is 2. The number of benzene rings is 1. The summed E-state index contributed by atoms with van der Waals surface area (Å²) in [5.74, 6) is 0.470. The van der Waals surface area contributed by atoms with E-state index >= 15 is 0 Å². The molecule has 0 unspecified atom stereocenters. The molecule has 0 atom stereocenters. The predicted molar refractivity (Wildman–Crippen MR) is 81.7 cm³/mol. The van der Waals surface area contributed by atoms with Gasteiger partial charge >= 0.3 is 0 Å². The van der Waals surface area contributed by atoms with Crippen molar-refractivity contribution < 1.29 is 0 Å². The van der Waals surface area contributed by atoms with E-state index in [1.54, 1.807) is 17.0 Å². The maximum atomic E-state index is 12.3. The third-order valence-electron chi connectivity index (χ3n) is 3.12. The standard InChI is InChI=1S/C15H20N4O/c1-3-9-19-10-8-17-14(15(19)20)18(2)11-12-4-6-13(16)7-5-12/h4-8,10H,3,9,11,16H2,1-2H3. The molecule has 2 aromatic rings. The molecule has 0 saturated carbocycles. The Bertz CT molecular complexity index is 619. The molecule has 0 aliphatic rings. The number of hydrogen-bond acceptors (Lipinski definition) is 4. The average Bonchev–Trinajstić information content (AvgIpc) is 2.44. The van der Waals surface area contributed by atoms with Gasteiger partial charge in [-0.3, -0.25) is 4.79 Å². The Morgan fingerprint density at radius 3 is 2.65 bits per heavy atom. The lowest BCUT2D eigenvalue weighted by atomic mass is 10.2. The second-order valence-electron chi connectivity index (χ2n) is 4.85. The molecule has 0 saturated heterocycles. The van der Waals surface area contributed by atoms with Gasteiger partial charge in [0.25, 0.3) is 5.56 Å². The number of aryl methyl sites for hydroxylation is 1. The Labute approximate surface area is 118 Å². The van der Waals surface area contributed by atoms with E-state index in [0.717, 1.165) is 17.7 Å².